The summed E-state index contributed by atoms with van der Waals surface area (Å²) in [6, 6.07) is 10.2. The van der Waals surface area contributed by atoms with Crippen LogP contribution in [0.4, 0.5) is 4.39 Å². The van der Waals surface area contributed by atoms with Crippen molar-refractivity contribution in [3.05, 3.63) is 47.8 Å². The van der Waals surface area contributed by atoms with Crippen LogP contribution in [0.3, 0.4) is 0 Å². The van der Waals surface area contributed by atoms with Gasteiger partial charge in [-0.05, 0) is 34.9 Å². The van der Waals surface area contributed by atoms with Crippen LogP contribution in [0.25, 0.3) is 10.8 Å². The number of hydrogen-bond acceptors (Lipinski definition) is 1. The van der Waals surface area contributed by atoms with E-state index in [1.54, 1.807) is 6.07 Å². The summed E-state index contributed by atoms with van der Waals surface area (Å²) in [5.74, 6) is -0.856. The van der Waals surface area contributed by atoms with Gasteiger partial charge in [-0.2, -0.15) is 0 Å². The van der Waals surface area contributed by atoms with Crippen LogP contribution >= 0.6 is 0 Å². The van der Waals surface area contributed by atoms with Crippen LogP contribution in [0, 0.1) is 5.82 Å². The molecule has 2 N–H and O–H groups in total. The fourth-order valence-corrected chi connectivity index (χ4v) is 2.05. The lowest BCUT2D eigenvalue weighted by molar-refractivity contribution is -0.119. The van der Waals surface area contributed by atoms with Gasteiger partial charge < -0.3 is 5.73 Å². The minimum absolute atomic E-state index is 0.257. The van der Waals surface area contributed by atoms with Crippen molar-refractivity contribution in [1.82, 2.24) is 0 Å². The van der Waals surface area contributed by atoms with E-state index >= 15 is 0 Å². The highest BCUT2D eigenvalue weighted by Gasteiger charge is 2.15. The van der Waals surface area contributed by atoms with Gasteiger partial charge in [0, 0.05) is 0 Å². The van der Waals surface area contributed by atoms with E-state index in [-0.39, 0.29) is 17.6 Å². The molecule has 3 heteroatoms. The molecule has 0 aromatic heterocycles. The molecule has 0 saturated carbocycles. The molecule has 0 aliphatic carbocycles. The molecule has 2 aromatic carbocycles. The first-order valence-corrected chi connectivity index (χ1v) is 5.60. The smallest absolute Gasteiger partial charge is 0.224 e. The maximum atomic E-state index is 13.0. The molecule has 1 amide bonds. The topological polar surface area (TPSA) is 43.1 Å². The Balaban J connectivity index is 2.50. The van der Waals surface area contributed by atoms with Crippen molar-refractivity contribution in [1.29, 1.82) is 0 Å². The van der Waals surface area contributed by atoms with Crippen LogP contribution in [-0.2, 0) is 4.79 Å². The first kappa shape index (κ1) is 11.6. The summed E-state index contributed by atoms with van der Waals surface area (Å²) < 4.78 is 13.0. The van der Waals surface area contributed by atoms with E-state index in [0.29, 0.717) is 6.42 Å². The first-order valence-electron chi connectivity index (χ1n) is 5.60. The second-order valence-corrected chi connectivity index (χ2v) is 4.11. The summed E-state index contributed by atoms with van der Waals surface area (Å²) in [7, 11) is 0. The Morgan fingerprint density at radius 2 is 1.88 bits per heavy atom. The van der Waals surface area contributed by atoms with Crippen molar-refractivity contribution < 1.29 is 9.18 Å². The molecule has 0 spiro atoms. The van der Waals surface area contributed by atoms with E-state index in [2.05, 4.69) is 0 Å². The molecule has 0 saturated heterocycles. The van der Waals surface area contributed by atoms with Gasteiger partial charge >= 0.3 is 0 Å². The molecule has 1 unspecified atom stereocenters. The van der Waals surface area contributed by atoms with Gasteiger partial charge in [0.1, 0.15) is 5.82 Å². The van der Waals surface area contributed by atoms with Crippen molar-refractivity contribution in [3.63, 3.8) is 0 Å². The van der Waals surface area contributed by atoms with Gasteiger partial charge in [0.2, 0.25) is 5.91 Å². The van der Waals surface area contributed by atoms with Gasteiger partial charge in [0.05, 0.1) is 5.92 Å². The Kier molecular flexibility index (Phi) is 3.09. The third kappa shape index (κ3) is 2.28. The molecule has 0 bridgehead atoms. The second-order valence-electron chi connectivity index (χ2n) is 4.11. The maximum absolute atomic E-state index is 13.0. The van der Waals surface area contributed by atoms with E-state index in [4.69, 9.17) is 5.73 Å². The first-order chi connectivity index (χ1) is 8.11. The van der Waals surface area contributed by atoms with Gasteiger partial charge in [0.15, 0.2) is 0 Å². The van der Waals surface area contributed by atoms with E-state index in [0.717, 1.165) is 16.3 Å². The highest BCUT2D eigenvalue weighted by Crippen LogP contribution is 2.24. The molecular formula is C14H14FNO. The molecular weight excluding hydrogens is 217 g/mol. The Labute approximate surface area is 99.2 Å². The van der Waals surface area contributed by atoms with E-state index in [1.807, 2.05) is 25.1 Å². The van der Waals surface area contributed by atoms with Crippen molar-refractivity contribution in [2.45, 2.75) is 19.3 Å². The van der Waals surface area contributed by atoms with Crippen LogP contribution in [0.5, 0.6) is 0 Å². The summed E-state index contributed by atoms with van der Waals surface area (Å²) in [6.45, 7) is 1.92. The minimum atomic E-state index is -0.325. The number of primary amides is 1. The fourth-order valence-electron chi connectivity index (χ4n) is 2.05. The van der Waals surface area contributed by atoms with Crippen LogP contribution < -0.4 is 5.73 Å². The average Bonchev–Trinajstić information content (AvgIpc) is 2.29. The van der Waals surface area contributed by atoms with Gasteiger partial charge in [-0.1, -0.05) is 31.2 Å². The third-order valence-electron chi connectivity index (χ3n) is 2.98. The lowest BCUT2D eigenvalue weighted by atomic mass is 9.94. The maximum Gasteiger partial charge on any atom is 0.224 e. The zero-order valence-electron chi connectivity index (χ0n) is 9.61. The highest BCUT2D eigenvalue weighted by atomic mass is 19.1. The minimum Gasteiger partial charge on any atom is -0.369 e. The van der Waals surface area contributed by atoms with Crippen LogP contribution in [0.15, 0.2) is 36.4 Å². The van der Waals surface area contributed by atoms with Crippen LogP contribution in [0.2, 0.25) is 0 Å². The predicted molar refractivity (Wildman–Crippen MR) is 66.1 cm³/mol. The number of benzene rings is 2. The molecule has 17 heavy (non-hydrogen) atoms. The van der Waals surface area contributed by atoms with Gasteiger partial charge in [-0.3, -0.25) is 4.79 Å². The molecule has 2 aromatic rings. The third-order valence-corrected chi connectivity index (χ3v) is 2.98. The molecule has 1 atom stereocenters. The molecule has 88 valence electrons. The van der Waals surface area contributed by atoms with Gasteiger partial charge in [-0.15, -0.1) is 0 Å². The SMILES string of the molecule is CCC(C(N)=O)c1ccc2cc(F)ccc2c1. The van der Waals surface area contributed by atoms with Crippen LogP contribution in [0.1, 0.15) is 24.8 Å². The number of carbonyl (C=O) groups is 1. The Bertz CT molecular complexity index is 565. The lowest BCUT2D eigenvalue weighted by Crippen LogP contribution is -2.20. The number of rotatable bonds is 3. The molecule has 2 nitrogen and oxygen atoms in total. The predicted octanol–water partition coefficient (Wildman–Crippen LogP) is 2.96. The summed E-state index contributed by atoms with van der Waals surface area (Å²) in [6.07, 6.45) is 0.669. The molecule has 0 fully saturated rings. The number of hydrogen-bond donors (Lipinski definition) is 1. The zero-order valence-corrected chi connectivity index (χ0v) is 9.61. The Morgan fingerprint density at radius 1 is 1.24 bits per heavy atom. The fraction of sp³-hybridized carbons (Fsp3) is 0.214. The quantitative estimate of drug-likeness (QED) is 0.867. The van der Waals surface area contributed by atoms with Crippen molar-refractivity contribution >= 4 is 16.7 Å². The summed E-state index contributed by atoms with van der Waals surface area (Å²) >= 11 is 0. The number of fused-ring (bicyclic) bond motifs is 1. The monoisotopic (exact) mass is 231 g/mol. The van der Waals surface area contributed by atoms with E-state index in [9.17, 15) is 9.18 Å². The number of halogens is 1. The zero-order chi connectivity index (χ0) is 12.4. The summed E-state index contributed by atoms with van der Waals surface area (Å²) in [5.41, 5.74) is 6.24. The standard InChI is InChI=1S/C14H14FNO/c1-2-13(14(16)17)11-4-3-10-8-12(15)6-5-9(10)7-11/h3-8,13H,2H2,1H3,(H2,16,17). The normalized spacial score (nSPS) is 12.6. The van der Waals surface area contributed by atoms with E-state index in [1.165, 1.54) is 12.1 Å². The number of carbonyl (C=O) groups excluding carboxylic acids is 1. The number of nitrogens with two attached hydrogens (primary N) is 1. The molecule has 0 radical (unpaired) electrons. The molecule has 2 rings (SSSR count). The largest absolute Gasteiger partial charge is 0.369 e. The second kappa shape index (κ2) is 4.53. The number of amides is 1. The summed E-state index contributed by atoms with van der Waals surface area (Å²) in [4.78, 5) is 11.3. The average molecular weight is 231 g/mol. The van der Waals surface area contributed by atoms with Crippen molar-refractivity contribution in [3.8, 4) is 0 Å². The Morgan fingerprint density at radius 3 is 2.53 bits per heavy atom. The van der Waals surface area contributed by atoms with Crippen LogP contribution in [-0.4, -0.2) is 5.91 Å². The van der Waals surface area contributed by atoms with E-state index < -0.39 is 0 Å². The highest BCUT2D eigenvalue weighted by molar-refractivity contribution is 5.87. The summed E-state index contributed by atoms with van der Waals surface area (Å²) in [5, 5.41) is 1.75. The lowest BCUT2D eigenvalue weighted by Gasteiger charge is -2.12. The van der Waals surface area contributed by atoms with Gasteiger partial charge in [0.25, 0.3) is 0 Å². The Hall–Kier alpha value is -1.90. The molecule has 0 heterocycles. The van der Waals surface area contributed by atoms with Crippen molar-refractivity contribution in [2.75, 3.05) is 0 Å². The van der Waals surface area contributed by atoms with Gasteiger partial charge in [-0.25, -0.2) is 4.39 Å². The molecule has 0 aliphatic rings. The van der Waals surface area contributed by atoms with Crippen molar-refractivity contribution in [2.24, 2.45) is 5.73 Å². The molecule has 0 aliphatic heterocycles.